The molecule has 0 unspecified atom stereocenters. The molecular weight excluding hydrogens is 279 g/mol. The molecule has 0 aromatic heterocycles. The van der Waals surface area contributed by atoms with Crippen LogP contribution >= 0.6 is 0 Å². The number of ether oxygens (including phenoxy) is 2. The standard InChI is InChI=1S/C12H10F3NO4/c1-2-19-11(18)10-7(6-17)3-4-9(8(10)5-16)20-12(13,14)15/h3-4,17H,2,6H2,1H3. The molecule has 1 aromatic carbocycles. The van der Waals surface area contributed by atoms with Crippen LogP contribution in [0, 0.1) is 11.3 Å². The van der Waals surface area contributed by atoms with Gasteiger partial charge >= 0.3 is 12.3 Å². The summed E-state index contributed by atoms with van der Waals surface area (Å²) in [7, 11) is 0. The minimum absolute atomic E-state index is 0.0190. The fourth-order valence-corrected chi connectivity index (χ4v) is 1.52. The van der Waals surface area contributed by atoms with Gasteiger partial charge in [-0.05, 0) is 18.6 Å². The van der Waals surface area contributed by atoms with Gasteiger partial charge in [-0.2, -0.15) is 5.26 Å². The van der Waals surface area contributed by atoms with Crippen LogP contribution in [0.15, 0.2) is 12.1 Å². The number of benzene rings is 1. The number of alkyl halides is 3. The summed E-state index contributed by atoms with van der Waals surface area (Å²) in [5.74, 6) is -1.82. The molecule has 1 aromatic rings. The largest absolute Gasteiger partial charge is 0.573 e. The number of aliphatic hydroxyl groups is 1. The first-order chi connectivity index (χ1) is 9.34. The molecule has 0 bridgehead atoms. The topological polar surface area (TPSA) is 79.6 Å². The Morgan fingerprint density at radius 3 is 2.55 bits per heavy atom. The van der Waals surface area contributed by atoms with E-state index in [1.807, 2.05) is 0 Å². The molecule has 0 aliphatic rings. The number of halogens is 3. The van der Waals surface area contributed by atoms with Crippen molar-refractivity contribution in [1.29, 1.82) is 5.26 Å². The second-order valence-electron chi connectivity index (χ2n) is 3.51. The first kappa shape index (κ1) is 15.8. The summed E-state index contributed by atoms with van der Waals surface area (Å²) >= 11 is 0. The van der Waals surface area contributed by atoms with Crippen molar-refractivity contribution >= 4 is 5.97 Å². The van der Waals surface area contributed by atoms with E-state index in [4.69, 9.17) is 10.4 Å². The molecule has 0 aliphatic carbocycles. The van der Waals surface area contributed by atoms with E-state index < -0.39 is 35.8 Å². The zero-order chi connectivity index (χ0) is 15.3. The van der Waals surface area contributed by atoms with Crippen LogP contribution in [0.1, 0.15) is 28.4 Å². The van der Waals surface area contributed by atoms with E-state index in [1.54, 1.807) is 0 Å². The highest BCUT2D eigenvalue weighted by atomic mass is 19.4. The molecule has 0 aliphatic heterocycles. The van der Waals surface area contributed by atoms with Gasteiger partial charge in [0.1, 0.15) is 17.4 Å². The first-order valence-electron chi connectivity index (χ1n) is 5.43. The van der Waals surface area contributed by atoms with E-state index >= 15 is 0 Å². The van der Waals surface area contributed by atoms with Crippen LogP contribution < -0.4 is 4.74 Å². The second-order valence-corrected chi connectivity index (χ2v) is 3.51. The summed E-state index contributed by atoms with van der Waals surface area (Å²) < 4.78 is 45.0. The van der Waals surface area contributed by atoms with Gasteiger partial charge in [-0.25, -0.2) is 4.79 Å². The molecule has 108 valence electrons. The van der Waals surface area contributed by atoms with Gasteiger partial charge in [0, 0.05) is 0 Å². The fraction of sp³-hybridized carbons (Fsp3) is 0.333. The molecule has 0 atom stereocenters. The fourth-order valence-electron chi connectivity index (χ4n) is 1.52. The SMILES string of the molecule is CCOC(=O)c1c(CO)ccc(OC(F)(F)F)c1C#N. The first-order valence-corrected chi connectivity index (χ1v) is 5.43. The van der Waals surface area contributed by atoms with Gasteiger partial charge in [0.05, 0.1) is 18.8 Å². The van der Waals surface area contributed by atoms with Crippen LogP contribution in [-0.4, -0.2) is 24.0 Å². The van der Waals surface area contributed by atoms with E-state index in [-0.39, 0.29) is 12.2 Å². The van der Waals surface area contributed by atoms with Gasteiger partial charge in [0.25, 0.3) is 0 Å². The molecular formula is C12H10F3NO4. The van der Waals surface area contributed by atoms with Crippen LogP contribution in [0.25, 0.3) is 0 Å². The number of carbonyl (C=O) groups excluding carboxylic acids is 1. The molecule has 20 heavy (non-hydrogen) atoms. The number of esters is 1. The Morgan fingerprint density at radius 1 is 1.45 bits per heavy atom. The monoisotopic (exact) mass is 289 g/mol. The molecule has 0 saturated heterocycles. The molecule has 0 radical (unpaired) electrons. The lowest BCUT2D eigenvalue weighted by atomic mass is 10.0. The van der Waals surface area contributed by atoms with Crippen molar-refractivity contribution in [2.45, 2.75) is 19.9 Å². The molecule has 0 heterocycles. The van der Waals surface area contributed by atoms with Crippen LogP contribution in [0.3, 0.4) is 0 Å². The predicted octanol–water partition coefficient (Wildman–Crippen LogP) is 2.13. The summed E-state index contributed by atoms with van der Waals surface area (Å²) in [4.78, 5) is 11.7. The van der Waals surface area contributed by atoms with Crippen molar-refractivity contribution in [2.75, 3.05) is 6.61 Å². The number of aliphatic hydroxyl groups excluding tert-OH is 1. The van der Waals surface area contributed by atoms with Crippen LogP contribution in [-0.2, 0) is 11.3 Å². The minimum Gasteiger partial charge on any atom is -0.462 e. The van der Waals surface area contributed by atoms with E-state index in [1.165, 1.54) is 13.0 Å². The van der Waals surface area contributed by atoms with Gasteiger partial charge < -0.3 is 14.6 Å². The van der Waals surface area contributed by atoms with Gasteiger partial charge in [0.2, 0.25) is 0 Å². The third kappa shape index (κ3) is 3.61. The zero-order valence-electron chi connectivity index (χ0n) is 10.3. The number of nitriles is 1. The maximum absolute atomic E-state index is 12.2. The molecule has 0 amide bonds. The highest BCUT2D eigenvalue weighted by molar-refractivity contribution is 5.94. The van der Waals surface area contributed by atoms with Crippen LogP contribution in [0.5, 0.6) is 5.75 Å². The van der Waals surface area contributed by atoms with E-state index in [2.05, 4.69) is 9.47 Å². The van der Waals surface area contributed by atoms with E-state index in [0.717, 1.165) is 12.1 Å². The summed E-state index contributed by atoms with van der Waals surface area (Å²) in [6.45, 7) is 0.840. The van der Waals surface area contributed by atoms with E-state index in [0.29, 0.717) is 0 Å². The van der Waals surface area contributed by atoms with Gasteiger partial charge in [-0.1, -0.05) is 6.07 Å². The van der Waals surface area contributed by atoms with Crippen molar-refractivity contribution in [3.63, 3.8) is 0 Å². The minimum atomic E-state index is -5.00. The molecule has 1 rings (SSSR count). The Balaban J connectivity index is 3.41. The number of nitrogens with zero attached hydrogens (tertiary/aromatic N) is 1. The van der Waals surface area contributed by atoms with Gasteiger partial charge in [-0.15, -0.1) is 13.2 Å². The van der Waals surface area contributed by atoms with Crippen molar-refractivity contribution in [3.05, 3.63) is 28.8 Å². The van der Waals surface area contributed by atoms with E-state index in [9.17, 15) is 18.0 Å². The molecule has 1 N–H and O–H groups in total. The Bertz CT molecular complexity index is 549. The summed E-state index contributed by atoms with van der Waals surface area (Å²) in [5, 5.41) is 18.0. The number of hydrogen-bond acceptors (Lipinski definition) is 5. The molecule has 0 spiro atoms. The Morgan fingerprint density at radius 2 is 2.10 bits per heavy atom. The predicted molar refractivity (Wildman–Crippen MR) is 59.7 cm³/mol. The number of rotatable bonds is 4. The summed E-state index contributed by atoms with van der Waals surface area (Å²) in [6, 6.07) is 3.39. The highest BCUT2D eigenvalue weighted by Crippen LogP contribution is 2.30. The Kier molecular flexibility index (Phi) is 4.94. The van der Waals surface area contributed by atoms with Gasteiger partial charge in [-0.3, -0.25) is 0 Å². The summed E-state index contributed by atoms with van der Waals surface area (Å²) in [5.41, 5.74) is -1.08. The van der Waals surface area contributed by atoms with Crippen molar-refractivity contribution in [2.24, 2.45) is 0 Å². The number of hydrogen-bond donors (Lipinski definition) is 1. The lowest BCUT2D eigenvalue weighted by Crippen LogP contribution is -2.19. The Labute approximate surface area is 112 Å². The third-order valence-electron chi connectivity index (χ3n) is 2.24. The maximum Gasteiger partial charge on any atom is 0.573 e. The van der Waals surface area contributed by atoms with Gasteiger partial charge in [0.15, 0.2) is 0 Å². The average Bonchev–Trinajstić information content (AvgIpc) is 2.36. The van der Waals surface area contributed by atoms with Crippen LogP contribution in [0.4, 0.5) is 13.2 Å². The highest BCUT2D eigenvalue weighted by Gasteiger charge is 2.33. The number of carbonyl (C=O) groups is 1. The second kappa shape index (κ2) is 6.25. The lowest BCUT2D eigenvalue weighted by Gasteiger charge is -2.14. The smallest absolute Gasteiger partial charge is 0.462 e. The van der Waals surface area contributed by atoms with Crippen molar-refractivity contribution < 1.29 is 32.5 Å². The Hall–Kier alpha value is -2.27. The average molecular weight is 289 g/mol. The van der Waals surface area contributed by atoms with Crippen molar-refractivity contribution in [3.8, 4) is 11.8 Å². The zero-order valence-corrected chi connectivity index (χ0v) is 10.3. The maximum atomic E-state index is 12.2. The molecule has 0 fully saturated rings. The molecule has 0 saturated carbocycles. The van der Waals surface area contributed by atoms with Crippen LogP contribution in [0.2, 0.25) is 0 Å². The quantitative estimate of drug-likeness (QED) is 0.859. The normalized spacial score (nSPS) is 10.8. The lowest BCUT2D eigenvalue weighted by molar-refractivity contribution is -0.274. The van der Waals surface area contributed by atoms with Crippen molar-refractivity contribution in [1.82, 2.24) is 0 Å². The summed E-state index contributed by atoms with van der Waals surface area (Å²) in [6.07, 6.45) is -5.00. The molecule has 5 nitrogen and oxygen atoms in total. The molecule has 8 heteroatoms. The third-order valence-corrected chi connectivity index (χ3v) is 2.24.